The second-order valence-electron chi connectivity index (χ2n) is 3.35. The first-order chi connectivity index (χ1) is 7.29. The normalized spacial score (nSPS) is 12.9. The standard InChI is InChI=1S/C10H13N3S2/c1-7(11-2)10-13-12-9(15-10)5-8-3-4-14-6-8/h3-4,6-7,11H,5H2,1-2H3. The van der Waals surface area contributed by atoms with Gasteiger partial charge in [0, 0.05) is 6.42 Å². The lowest BCUT2D eigenvalue weighted by Crippen LogP contribution is -2.11. The van der Waals surface area contributed by atoms with Gasteiger partial charge in [-0.05, 0) is 36.4 Å². The summed E-state index contributed by atoms with van der Waals surface area (Å²) in [6.07, 6.45) is 0.900. The second kappa shape index (κ2) is 4.83. The molecule has 5 heteroatoms. The Bertz CT molecular complexity index is 408. The molecule has 0 saturated heterocycles. The lowest BCUT2D eigenvalue weighted by molar-refractivity contribution is 0.639. The lowest BCUT2D eigenvalue weighted by Gasteiger charge is -2.02. The van der Waals surface area contributed by atoms with Crippen molar-refractivity contribution in [2.45, 2.75) is 19.4 Å². The highest BCUT2D eigenvalue weighted by molar-refractivity contribution is 7.11. The van der Waals surface area contributed by atoms with Crippen LogP contribution in [-0.4, -0.2) is 17.2 Å². The minimum absolute atomic E-state index is 0.290. The Balaban J connectivity index is 2.07. The van der Waals surface area contributed by atoms with Crippen molar-refractivity contribution in [3.63, 3.8) is 0 Å². The van der Waals surface area contributed by atoms with Crippen LogP contribution in [0, 0.1) is 0 Å². The van der Waals surface area contributed by atoms with E-state index >= 15 is 0 Å². The first-order valence-electron chi connectivity index (χ1n) is 4.80. The molecule has 80 valence electrons. The predicted molar refractivity (Wildman–Crippen MR) is 64.5 cm³/mol. The van der Waals surface area contributed by atoms with Crippen LogP contribution in [0.15, 0.2) is 16.8 Å². The van der Waals surface area contributed by atoms with E-state index < -0.39 is 0 Å². The molecule has 2 heterocycles. The van der Waals surface area contributed by atoms with Crippen LogP contribution in [0.5, 0.6) is 0 Å². The SMILES string of the molecule is CNC(C)c1nnc(Cc2ccsc2)s1. The summed E-state index contributed by atoms with van der Waals surface area (Å²) in [7, 11) is 1.94. The van der Waals surface area contributed by atoms with Crippen LogP contribution in [0.3, 0.4) is 0 Å². The summed E-state index contributed by atoms with van der Waals surface area (Å²) in [4.78, 5) is 0. The van der Waals surface area contributed by atoms with Gasteiger partial charge in [-0.3, -0.25) is 0 Å². The largest absolute Gasteiger partial charge is 0.311 e. The molecule has 0 saturated carbocycles. The van der Waals surface area contributed by atoms with Crippen LogP contribution in [0.25, 0.3) is 0 Å². The van der Waals surface area contributed by atoms with E-state index in [0.29, 0.717) is 6.04 Å². The van der Waals surface area contributed by atoms with Gasteiger partial charge in [-0.15, -0.1) is 10.2 Å². The summed E-state index contributed by atoms with van der Waals surface area (Å²) in [5, 5.41) is 17.9. The summed E-state index contributed by atoms with van der Waals surface area (Å²) in [5.41, 5.74) is 1.32. The van der Waals surface area contributed by atoms with E-state index in [2.05, 4.69) is 39.3 Å². The van der Waals surface area contributed by atoms with E-state index in [1.54, 1.807) is 22.7 Å². The Morgan fingerprint density at radius 3 is 3.00 bits per heavy atom. The Morgan fingerprint density at radius 2 is 2.33 bits per heavy atom. The van der Waals surface area contributed by atoms with E-state index in [1.165, 1.54) is 5.56 Å². The molecule has 2 aromatic rings. The monoisotopic (exact) mass is 239 g/mol. The van der Waals surface area contributed by atoms with Gasteiger partial charge in [0.25, 0.3) is 0 Å². The van der Waals surface area contributed by atoms with Crippen molar-refractivity contribution in [1.29, 1.82) is 0 Å². The molecular weight excluding hydrogens is 226 g/mol. The third-order valence-corrected chi connectivity index (χ3v) is 4.06. The van der Waals surface area contributed by atoms with Crippen molar-refractivity contribution >= 4 is 22.7 Å². The Morgan fingerprint density at radius 1 is 1.47 bits per heavy atom. The highest BCUT2D eigenvalue weighted by atomic mass is 32.1. The van der Waals surface area contributed by atoms with Crippen molar-refractivity contribution in [3.8, 4) is 0 Å². The molecule has 0 aliphatic rings. The minimum Gasteiger partial charge on any atom is -0.311 e. The van der Waals surface area contributed by atoms with Crippen LogP contribution in [-0.2, 0) is 6.42 Å². The number of nitrogens with zero attached hydrogens (tertiary/aromatic N) is 2. The summed E-state index contributed by atoms with van der Waals surface area (Å²) < 4.78 is 0. The fourth-order valence-electron chi connectivity index (χ4n) is 1.20. The third kappa shape index (κ3) is 2.62. The van der Waals surface area contributed by atoms with Gasteiger partial charge in [0.2, 0.25) is 0 Å². The van der Waals surface area contributed by atoms with Gasteiger partial charge in [-0.25, -0.2) is 0 Å². The number of thiophene rings is 1. The van der Waals surface area contributed by atoms with Gasteiger partial charge in [-0.1, -0.05) is 11.3 Å². The van der Waals surface area contributed by atoms with Gasteiger partial charge in [0.1, 0.15) is 10.0 Å². The molecule has 2 rings (SSSR count). The second-order valence-corrected chi connectivity index (χ2v) is 5.23. The molecule has 2 aromatic heterocycles. The van der Waals surface area contributed by atoms with E-state index in [4.69, 9.17) is 0 Å². The topological polar surface area (TPSA) is 37.8 Å². The number of aromatic nitrogens is 2. The average Bonchev–Trinajstić information content (AvgIpc) is 2.88. The van der Waals surface area contributed by atoms with Crippen molar-refractivity contribution in [1.82, 2.24) is 15.5 Å². The molecule has 1 atom stereocenters. The molecule has 0 bridgehead atoms. The van der Waals surface area contributed by atoms with Gasteiger partial charge in [0.05, 0.1) is 6.04 Å². The first kappa shape index (κ1) is 10.7. The quantitative estimate of drug-likeness (QED) is 0.890. The first-order valence-corrected chi connectivity index (χ1v) is 6.56. The van der Waals surface area contributed by atoms with E-state index in [0.717, 1.165) is 16.4 Å². The smallest absolute Gasteiger partial charge is 0.134 e. The molecule has 0 aliphatic heterocycles. The molecule has 0 aromatic carbocycles. The molecule has 15 heavy (non-hydrogen) atoms. The Labute approximate surface area is 97.2 Å². The zero-order valence-corrected chi connectivity index (χ0v) is 10.4. The van der Waals surface area contributed by atoms with E-state index in [9.17, 15) is 0 Å². The molecule has 1 N–H and O–H groups in total. The maximum atomic E-state index is 4.19. The van der Waals surface area contributed by atoms with Crippen LogP contribution in [0.1, 0.15) is 28.5 Å². The molecule has 0 aliphatic carbocycles. The van der Waals surface area contributed by atoms with Crippen molar-refractivity contribution < 1.29 is 0 Å². The maximum absolute atomic E-state index is 4.19. The van der Waals surface area contributed by atoms with Crippen LogP contribution in [0.2, 0.25) is 0 Å². The molecule has 0 radical (unpaired) electrons. The third-order valence-electron chi connectivity index (χ3n) is 2.22. The predicted octanol–water partition coefficient (Wildman–Crippen LogP) is 2.47. The zero-order valence-electron chi connectivity index (χ0n) is 8.73. The Hall–Kier alpha value is -0.780. The highest BCUT2D eigenvalue weighted by Crippen LogP contribution is 2.20. The number of hydrogen-bond donors (Lipinski definition) is 1. The molecule has 3 nitrogen and oxygen atoms in total. The molecule has 0 fully saturated rings. The molecule has 1 unspecified atom stereocenters. The zero-order chi connectivity index (χ0) is 10.7. The number of hydrogen-bond acceptors (Lipinski definition) is 5. The molecule has 0 amide bonds. The van der Waals surface area contributed by atoms with Crippen molar-refractivity contribution in [2.24, 2.45) is 0 Å². The molecular formula is C10H13N3S2. The summed E-state index contributed by atoms with van der Waals surface area (Å²) in [6.45, 7) is 2.09. The van der Waals surface area contributed by atoms with Crippen LogP contribution >= 0.6 is 22.7 Å². The Kier molecular flexibility index (Phi) is 3.45. The number of rotatable bonds is 4. The summed E-state index contributed by atoms with van der Waals surface area (Å²) in [5.74, 6) is 0. The van der Waals surface area contributed by atoms with E-state index in [1.807, 2.05) is 7.05 Å². The van der Waals surface area contributed by atoms with Gasteiger partial charge >= 0.3 is 0 Å². The molecule has 0 spiro atoms. The van der Waals surface area contributed by atoms with Gasteiger partial charge in [-0.2, -0.15) is 11.3 Å². The fourth-order valence-corrected chi connectivity index (χ4v) is 2.81. The van der Waals surface area contributed by atoms with E-state index in [-0.39, 0.29) is 0 Å². The van der Waals surface area contributed by atoms with Gasteiger partial charge in [0.15, 0.2) is 0 Å². The highest BCUT2D eigenvalue weighted by Gasteiger charge is 2.10. The maximum Gasteiger partial charge on any atom is 0.134 e. The summed E-state index contributed by atoms with van der Waals surface area (Å²) >= 11 is 3.40. The van der Waals surface area contributed by atoms with Crippen LogP contribution < -0.4 is 5.32 Å². The van der Waals surface area contributed by atoms with Crippen LogP contribution in [0.4, 0.5) is 0 Å². The van der Waals surface area contributed by atoms with Crippen molar-refractivity contribution in [2.75, 3.05) is 7.05 Å². The number of nitrogens with one attached hydrogen (secondary N) is 1. The fraction of sp³-hybridized carbons (Fsp3) is 0.400. The minimum atomic E-state index is 0.290. The average molecular weight is 239 g/mol. The van der Waals surface area contributed by atoms with Gasteiger partial charge < -0.3 is 5.32 Å². The lowest BCUT2D eigenvalue weighted by atomic mass is 10.3. The summed E-state index contributed by atoms with van der Waals surface area (Å²) in [6, 6.07) is 2.42. The van der Waals surface area contributed by atoms with Crippen molar-refractivity contribution in [3.05, 3.63) is 32.4 Å².